The molecule has 0 bridgehead atoms. The van der Waals surface area contributed by atoms with Gasteiger partial charge in [-0.2, -0.15) is 5.10 Å². The zero-order chi connectivity index (χ0) is 17.5. The minimum absolute atomic E-state index is 0.0614. The van der Waals surface area contributed by atoms with Crippen molar-refractivity contribution in [2.24, 2.45) is 0 Å². The van der Waals surface area contributed by atoms with Crippen LogP contribution < -0.4 is 10.9 Å². The largest absolute Gasteiger partial charge is 0.469 e. The van der Waals surface area contributed by atoms with Gasteiger partial charge in [-0.05, 0) is 18.6 Å². The number of esters is 1. The van der Waals surface area contributed by atoms with Gasteiger partial charge in [0.05, 0.1) is 20.1 Å². The normalized spacial score (nSPS) is 11.6. The first-order chi connectivity index (χ1) is 11.5. The Hall–Kier alpha value is -2.96. The van der Waals surface area contributed by atoms with Gasteiger partial charge in [0, 0.05) is 12.1 Å². The van der Waals surface area contributed by atoms with Crippen LogP contribution in [0.5, 0.6) is 0 Å². The molecule has 7 nitrogen and oxygen atoms in total. The van der Waals surface area contributed by atoms with Crippen molar-refractivity contribution < 1.29 is 14.3 Å². The topological polar surface area (TPSA) is 90.3 Å². The molecule has 1 atom stereocenters. The van der Waals surface area contributed by atoms with Crippen molar-refractivity contribution >= 4 is 11.9 Å². The first kappa shape index (κ1) is 17.4. The molecule has 0 spiro atoms. The number of benzene rings is 1. The van der Waals surface area contributed by atoms with Crippen molar-refractivity contribution in [3.63, 3.8) is 0 Å². The van der Waals surface area contributed by atoms with Crippen LogP contribution in [0.1, 0.15) is 29.4 Å². The van der Waals surface area contributed by atoms with E-state index in [-0.39, 0.29) is 24.2 Å². The van der Waals surface area contributed by atoms with Gasteiger partial charge >= 0.3 is 5.97 Å². The molecule has 2 rings (SSSR count). The summed E-state index contributed by atoms with van der Waals surface area (Å²) in [4.78, 5) is 35.3. The summed E-state index contributed by atoms with van der Waals surface area (Å²) in [7, 11) is 1.29. The highest BCUT2D eigenvalue weighted by molar-refractivity contribution is 5.92. The second-order valence-corrected chi connectivity index (χ2v) is 5.35. The second kappa shape index (κ2) is 8.05. The number of rotatable bonds is 6. The maximum atomic E-state index is 12.2. The third-order valence-electron chi connectivity index (χ3n) is 3.35. The molecule has 1 heterocycles. The van der Waals surface area contributed by atoms with E-state index >= 15 is 0 Å². The number of aromatic nitrogens is 2. The van der Waals surface area contributed by atoms with Gasteiger partial charge in [0.1, 0.15) is 5.69 Å². The summed E-state index contributed by atoms with van der Waals surface area (Å²) < 4.78 is 5.79. The van der Waals surface area contributed by atoms with Gasteiger partial charge in [-0.3, -0.25) is 14.4 Å². The predicted molar refractivity (Wildman–Crippen MR) is 87.6 cm³/mol. The number of amides is 1. The van der Waals surface area contributed by atoms with Crippen LogP contribution in [0.4, 0.5) is 0 Å². The summed E-state index contributed by atoms with van der Waals surface area (Å²) in [6, 6.07) is 11.6. The van der Waals surface area contributed by atoms with Crippen molar-refractivity contribution in [3.05, 3.63) is 64.1 Å². The first-order valence-corrected chi connectivity index (χ1v) is 7.49. The smallest absolute Gasteiger partial charge is 0.307 e. The fourth-order valence-corrected chi connectivity index (χ4v) is 2.12. The van der Waals surface area contributed by atoms with Crippen LogP contribution in [0.25, 0.3) is 0 Å². The summed E-state index contributed by atoms with van der Waals surface area (Å²) in [5.74, 6) is -0.863. The quantitative estimate of drug-likeness (QED) is 0.798. The Kier molecular flexibility index (Phi) is 5.83. The number of nitrogens with one attached hydrogen (secondary N) is 1. The number of hydrogen-bond acceptors (Lipinski definition) is 5. The van der Waals surface area contributed by atoms with Crippen LogP contribution in [0.15, 0.2) is 47.3 Å². The van der Waals surface area contributed by atoms with Crippen LogP contribution in [0, 0.1) is 0 Å². The molecule has 2 aromatic rings. The van der Waals surface area contributed by atoms with Crippen molar-refractivity contribution in [2.75, 3.05) is 7.11 Å². The first-order valence-electron chi connectivity index (χ1n) is 7.49. The molecular weight excluding hydrogens is 310 g/mol. The minimum atomic E-state index is -0.451. The zero-order valence-corrected chi connectivity index (χ0v) is 13.6. The van der Waals surface area contributed by atoms with E-state index < -0.39 is 17.9 Å². The van der Waals surface area contributed by atoms with Gasteiger partial charge in [-0.1, -0.05) is 30.3 Å². The third-order valence-corrected chi connectivity index (χ3v) is 3.35. The fraction of sp³-hybridized carbons (Fsp3) is 0.294. The molecule has 0 aliphatic rings. The number of nitrogens with zero attached hydrogens (tertiary/aromatic N) is 2. The molecular formula is C17H19N3O4. The average molecular weight is 329 g/mol. The number of ether oxygens (including phenoxy) is 1. The Morgan fingerprint density at radius 1 is 1.21 bits per heavy atom. The summed E-state index contributed by atoms with van der Waals surface area (Å²) in [6.45, 7) is 1.97. The van der Waals surface area contributed by atoms with E-state index in [0.717, 1.165) is 5.56 Å². The number of hydrogen-bond donors (Lipinski definition) is 1. The molecule has 1 aromatic heterocycles. The Morgan fingerprint density at radius 3 is 2.58 bits per heavy atom. The Labute approximate surface area is 139 Å². The van der Waals surface area contributed by atoms with Gasteiger partial charge in [-0.25, -0.2) is 4.68 Å². The summed E-state index contributed by atoms with van der Waals surface area (Å²) >= 11 is 0. The lowest BCUT2D eigenvalue weighted by atomic mass is 10.2. The molecule has 1 unspecified atom stereocenters. The summed E-state index contributed by atoms with van der Waals surface area (Å²) in [5, 5.41) is 6.75. The molecule has 1 aromatic carbocycles. The molecule has 0 saturated carbocycles. The van der Waals surface area contributed by atoms with Gasteiger partial charge < -0.3 is 10.1 Å². The van der Waals surface area contributed by atoms with Crippen LogP contribution in [0.3, 0.4) is 0 Å². The van der Waals surface area contributed by atoms with E-state index in [0.29, 0.717) is 0 Å². The van der Waals surface area contributed by atoms with E-state index in [4.69, 9.17) is 0 Å². The molecule has 0 aliphatic heterocycles. The van der Waals surface area contributed by atoms with Crippen LogP contribution >= 0.6 is 0 Å². The maximum absolute atomic E-state index is 12.2. The molecule has 0 fully saturated rings. The molecule has 0 aliphatic carbocycles. The van der Waals surface area contributed by atoms with E-state index in [1.165, 1.54) is 23.9 Å². The second-order valence-electron chi connectivity index (χ2n) is 5.35. The van der Waals surface area contributed by atoms with Crippen molar-refractivity contribution in [1.82, 2.24) is 15.1 Å². The molecule has 24 heavy (non-hydrogen) atoms. The number of carbonyl (C=O) groups is 2. The van der Waals surface area contributed by atoms with Crippen molar-refractivity contribution in [2.45, 2.75) is 25.9 Å². The maximum Gasteiger partial charge on any atom is 0.307 e. The molecule has 126 valence electrons. The lowest BCUT2D eigenvalue weighted by molar-refractivity contribution is -0.141. The molecule has 1 N–H and O–H groups in total. The fourth-order valence-electron chi connectivity index (χ4n) is 2.12. The molecule has 1 amide bonds. The van der Waals surface area contributed by atoms with Gasteiger partial charge in [0.25, 0.3) is 11.5 Å². The standard InChI is InChI=1S/C17H19N3O4/c1-12(10-16(22)24-2)18-17(23)14-8-9-15(21)20(19-14)11-13-6-4-3-5-7-13/h3-9,12H,10-11H2,1-2H3,(H,18,23). The summed E-state index contributed by atoms with van der Waals surface area (Å²) in [5.41, 5.74) is 0.726. The zero-order valence-electron chi connectivity index (χ0n) is 13.6. The van der Waals surface area contributed by atoms with Crippen LogP contribution in [-0.2, 0) is 16.1 Å². The van der Waals surface area contributed by atoms with Gasteiger partial charge in [-0.15, -0.1) is 0 Å². The van der Waals surface area contributed by atoms with Crippen molar-refractivity contribution in [3.8, 4) is 0 Å². The summed E-state index contributed by atoms with van der Waals surface area (Å²) in [6.07, 6.45) is 0.0614. The predicted octanol–water partition coefficient (Wildman–Crippen LogP) is 0.973. The highest BCUT2D eigenvalue weighted by atomic mass is 16.5. The van der Waals surface area contributed by atoms with Gasteiger partial charge in [0.2, 0.25) is 0 Å². The van der Waals surface area contributed by atoms with E-state index in [1.54, 1.807) is 6.92 Å². The minimum Gasteiger partial charge on any atom is -0.469 e. The third kappa shape index (κ3) is 4.77. The van der Waals surface area contributed by atoms with Crippen LogP contribution in [-0.4, -0.2) is 34.8 Å². The van der Waals surface area contributed by atoms with Crippen molar-refractivity contribution in [1.29, 1.82) is 0 Å². The van der Waals surface area contributed by atoms with Gasteiger partial charge in [0.15, 0.2) is 0 Å². The molecule has 0 saturated heterocycles. The number of carbonyl (C=O) groups excluding carboxylic acids is 2. The highest BCUT2D eigenvalue weighted by Gasteiger charge is 2.15. The lowest BCUT2D eigenvalue weighted by Crippen LogP contribution is -2.36. The average Bonchev–Trinajstić information content (AvgIpc) is 2.57. The Morgan fingerprint density at radius 2 is 1.92 bits per heavy atom. The highest BCUT2D eigenvalue weighted by Crippen LogP contribution is 2.01. The van der Waals surface area contributed by atoms with E-state index in [2.05, 4.69) is 15.2 Å². The Balaban J connectivity index is 2.11. The monoisotopic (exact) mass is 329 g/mol. The molecule has 7 heteroatoms. The molecule has 0 radical (unpaired) electrons. The Bertz CT molecular complexity index is 771. The number of methoxy groups -OCH3 is 1. The SMILES string of the molecule is COC(=O)CC(C)NC(=O)c1ccc(=O)n(Cc2ccccc2)n1. The van der Waals surface area contributed by atoms with E-state index in [1.807, 2.05) is 30.3 Å². The van der Waals surface area contributed by atoms with Crippen LogP contribution in [0.2, 0.25) is 0 Å². The lowest BCUT2D eigenvalue weighted by Gasteiger charge is -2.13. The van der Waals surface area contributed by atoms with E-state index in [9.17, 15) is 14.4 Å².